The van der Waals surface area contributed by atoms with Crippen molar-refractivity contribution in [3.63, 3.8) is 0 Å². The van der Waals surface area contributed by atoms with Crippen molar-refractivity contribution in [3.05, 3.63) is 70.9 Å². The lowest BCUT2D eigenvalue weighted by molar-refractivity contribution is -0.126. The maximum absolute atomic E-state index is 12.6. The van der Waals surface area contributed by atoms with Gasteiger partial charge in [0.05, 0.1) is 0 Å². The van der Waals surface area contributed by atoms with Gasteiger partial charge in [0.2, 0.25) is 0 Å². The molecule has 0 aromatic carbocycles. The highest BCUT2D eigenvalue weighted by atomic mass is 19.4. The van der Waals surface area contributed by atoms with E-state index in [1.165, 1.54) is 0 Å². The van der Waals surface area contributed by atoms with Crippen LogP contribution in [0.15, 0.2) is 70.9 Å². The third-order valence-corrected chi connectivity index (χ3v) is 3.09. The molecule has 0 spiro atoms. The van der Waals surface area contributed by atoms with Crippen LogP contribution in [0.3, 0.4) is 0 Å². The molecule has 0 aliphatic heterocycles. The predicted octanol–water partition coefficient (Wildman–Crippen LogP) is 4.09. The predicted molar refractivity (Wildman–Crippen MR) is 72.7 cm³/mol. The summed E-state index contributed by atoms with van der Waals surface area (Å²) in [5.74, 6) is -2.40. The fourth-order valence-corrected chi connectivity index (χ4v) is 1.94. The minimum atomic E-state index is -4.82. The molecule has 0 radical (unpaired) electrons. The van der Waals surface area contributed by atoms with E-state index in [2.05, 4.69) is 0 Å². The van der Waals surface area contributed by atoms with Crippen LogP contribution < -0.4 is 0 Å². The molecule has 2 aliphatic rings. The molecule has 0 saturated carbocycles. The van der Waals surface area contributed by atoms with Crippen LogP contribution in [-0.4, -0.2) is 23.9 Å². The van der Waals surface area contributed by atoms with Crippen LogP contribution in [-0.2, 0) is 9.59 Å². The Labute approximate surface area is 131 Å². The van der Waals surface area contributed by atoms with Crippen molar-refractivity contribution in [1.29, 1.82) is 0 Å². The lowest BCUT2D eigenvalue weighted by Crippen LogP contribution is -2.20. The molecule has 0 saturated heterocycles. The Morgan fingerprint density at radius 1 is 0.625 bits per heavy atom. The second kappa shape index (κ2) is 6.10. The number of carbonyl (C=O) groups is 2. The van der Waals surface area contributed by atoms with E-state index >= 15 is 0 Å². The first-order valence-corrected chi connectivity index (χ1v) is 6.43. The van der Waals surface area contributed by atoms with Gasteiger partial charge < -0.3 is 0 Å². The van der Waals surface area contributed by atoms with Gasteiger partial charge in [0.25, 0.3) is 0 Å². The van der Waals surface area contributed by atoms with E-state index in [9.17, 15) is 35.9 Å². The molecular formula is C16H8F6O2. The average Bonchev–Trinajstić information content (AvgIpc) is 2.45. The van der Waals surface area contributed by atoms with Crippen molar-refractivity contribution >= 4 is 11.6 Å². The number of alkyl halides is 6. The highest BCUT2D eigenvalue weighted by Gasteiger charge is 2.39. The standard InChI is InChI=1S/C16H8F6O2/c17-15(18,19)11-7-9(3-5-13(11)23)1-2-10-4-6-14(24)12(8-10)16(20,21)22/h1-8H. The molecular weight excluding hydrogens is 338 g/mol. The largest absolute Gasteiger partial charge is 0.420 e. The number of carbonyl (C=O) groups excluding carboxylic acids is 2. The molecule has 8 heteroatoms. The summed E-state index contributed by atoms with van der Waals surface area (Å²) in [7, 11) is 0. The minimum absolute atomic E-state index is 0.0123. The SMILES string of the molecule is O=C1C=CC(=CC=C2C=CC(=O)C(C(F)(F)F)=C2)C=C1C(F)(F)F. The van der Waals surface area contributed by atoms with E-state index in [1.54, 1.807) is 0 Å². The lowest BCUT2D eigenvalue weighted by Gasteiger charge is -2.13. The Morgan fingerprint density at radius 2 is 0.958 bits per heavy atom. The molecule has 2 aliphatic carbocycles. The van der Waals surface area contributed by atoms with Gasteiger partial charge in [-0.1, -0.05) is 24.3 Å². The van der Waals surface area contributed by atoms with Gasteiger partial charge in [-0.15, -0.1) is 0 Å². The molecule has 0 fully saturated rings. The summed E-state index contributed by atoms with van der Waals surface area (Å²) in [5.41, 5.74) is -2.76. The van der Waals surface area contributed by atoms with Crippen molar-refractivity contribution in [2.24, 2.45) is 0 Å². The molecule has 0 atom stereocenters. The van der Waals surface area contributed by atoms with Crippen molar-refractivity contribution in [1.82, 2.24) is 0 Å². The Morgan fingerprint density at radius 3 is 1.25 bits per heavy atom. The number of allylic oxidation sites excluding steroid dienone is 12. The van der Waals surface area contributed by atoms with E-state index < -0.39 is 35.1 Å². The summed E-state index contributed by atoms with van der Waals surface area (Å²) >= 11 is 0. The summed E-state index contributed by atoms with van der Waals surface area (Å²) in [6, 6.07) is 0. The Balaban J connectivity index is 2.34. The zero-order chi connectivity index (χ0) is 18.1. The fraction of sp³-hybridized carbons (Fsp3) is 0.125. The first-order chi connectivity index (χ1) is 11.0. The number of halogens is 6. The van der Waals surface area contributed by atoms with E-state index in [1.807, 2.05) is 0 Å². The Hall–Kier alpha value is -2.64. The molecule has 0 aromatic rings. The molecule has 126 valence electrons. The Kier molecular flexibility index (Phi) is 4.50. The van der Waals surface area contributed by atoms with Gasteiger partial charge in [0, 0.05) is 0 Å². The zero-order valence-corrected chi connectivity index (χ0v) is 11.7. The number of rotatable bonds is 1. The van der Waals surface area contributed by atoms with Crippen LogP contribution in [0.2, 0.25) is 0 Å². The molecule has 2 nitrogen and oxygen atoms in total. The monoisotopic (exact) mass is 346 g/mol. The van der Waals surface area contributed by atoms with Crippen molar-refractivity contribution in [2.45, 2.75) is 12.4 Å². The third kappa shape index (κ3) is 4.01. The third-order valence-electron chi connectivity index (χ3n) is 3.09. The Bertz CT molecular complexity index is 701. The molecule has 0 bridgehead atoms. The van der Waals surface area contributed by atoms with Crippen LogP contribution in [0.25, 0.3) is 0 Å². The molecule has 0 heterocycles. The van der Waals surface area contributed by atoms with Crippen molar-refractivity contribution in [2.75, 3.05) is 0 Å². The minimum Gasteiger partial charge on any atom is -0.289 e. The van der Waals surface area contributed by atoms with Gasteiger partial charge >= 0.3 is 12.4 Å². The lowest BCUT2D eigenvalue weighted by atomic mass is 9.97. The van der Waals surface area contributed by atoms with E-state index in [4.69, 9.17) is 0 Å². The van der Waals surface area contributed by atoms with Crippen molar-refractivity contribution < 1.29 is 35.9 Å². The van der Waals surface area contributed by atoms with Gasteiger partial charge in [-0.25, -0.2) is 0 Å². The number of hydrogen-bond acceptors (Lipinski definition) is 2. The summed E-state index contributed by atoms with van der Waals surface area (Å²) < 4.78 is 75.8. The van der Waals surface area contributed by atoms with Gasteiger partial charge in [-0.3, -0.25) is 9.59 Å². The van der Waals surface area contributed by atoms with Crippen LogP contribution in [0.4, 0.5) is 26.3 Å². The molecule has 24 heavy (non-hydrogen) atoms. The van der Waals surface area contributed by atoms with Gasteiger partial charge in [-0.05, 0) is 35.5 Å². The molecule has 0 aromatic heterocycles. The van der Waals surface area contributed by atoms with Gasteiger partial charge in [0.1, 0.15) is 11.1 Å². The maximum Gasteiger partial charge on any atom is 0.420 e. The highest BCUT2D eigenvalue weighted by Crippen LogP contribution is 2.31. The highest BCUT2D eigenvalue weighted by molar-refractivity contribution is 6.07. The van der Waals surface area contributed by atoms with Crippen LogP contribution in [0.5, 0.6) is 0 Å². The number of ketones is 2. The van der Waals surface area contributed by atoms with Crippen LogP contribution in [0.1, 0.15) is 0 Å². The fourth-order valence-electron chi connectivity index (χ4n) is 1.94. The average molecular weight is 346 g/mol. The first kappa shape index (κ1) is 17.7. The van der Waals surface area contributed by atoms with Crippen LogP contribution in [0, 0.1) is 0 Å². The summed E-state index contributed by atoms with van der Waals surface area (Å²) in [4.78, 5) is 22.4. The van der Waals surface area contributed by atoms with E-state index in [-0.39, 0.29) is 11.1 Å². The topological polar surface area (TPSA) is 34.1 Å². The van der Waals surface area contributed by atoms with E-state index in [0.29, 0.717) is 12.2 Å². The molecule has 0 amide bonds. The normalized spacial score (nSPS) is 22.2. The smallest absolute Gasteiger partial charge is 0.289 e. The number of hydrogen-bond donors (Lipinski definition) is 0. The molecule has 2 rings (SSSR count). The van der Waals surface area contributed by atoms with Crippen molar-refractivity contribution in [3.8, 4) is 0 Å². The van der Waals surface area contributed by atoms with Gasteiger partial charge in [0.15, 0.2) is 11.6 Å². The molecule has 0 unspecified atom stereocenters. The second-order valence-electron chi connectivity index (χ2n) is 4.84. The maximum atomic E-state index is 12.6. The van der Waals surface area contributed by atoms with E-state index in [0.717, 1.165) is 36.5 Å². The summed E-state index contributed by atoms with van der Waals surface area (Å²) in [5, 5.41) is 0. The molecule has 0 N–H and O–H groups in total. The summed E-state index contributed by atoms with van der Waals surface area (Å²) in [6.45, 7) is 0. The quantitative estimate of drug-likeness (QED) is 0.670. The van der Waals surface area contributed by atoms with Crippen LogP contribution >= 0.6 is 0 Å². The summed E-state index contributed by atoms with van der Waals surface area (Å²) in [6.07, 6.45) is -2.53. The first-order valence-electron chi connectivity index (χ1n) is 6.43. The second-order valence-corrected chi connectivity index (χ2v) is 4.84. The van der Waals surface area contributed by atoms with Gasteiger partial charge in [-0.2, -0.15) is 26.3 Å². The zero-order valence-electron chi connectivity index (χ0n) is 11.7.